The molecule has 0 spiro atoms. The first-order valence-electron chi connectivity index (χ1n) is 7.09. The summed E-state index contributed by atoms with van der Waals surface area (Å²) in [5.41, 5.74) is 2.57. The SMILES string of the molecule is CNc1ccccc1CNCCCN1CCCC1. The highest BCUT2D eigenvalue weighted by atomic mass is 15.1. The Labute approximate surface area is 111 Å². The molecule has 1 saturated heterocycles. The number of rotatable bonds is 7. The summed E-state index contributed by atoms with van der Waals surface area (Å²) in [4.78, 5) is 2.57. The van der Waals surface area contributed by atoms with E-state index in [1.54, 1.807) is 0 Å². The van der Waals surface area contributed by atoms with E-state index in [1.165, 1.54) is 50.1 Å². The van der Waals surface area contributed by atoms with E-state index in [-0.39, 0.29) is 0 Å². The molecule has 2 N–H and O–H groups in total. The fourth-order valence-corrected chi connectivity index (χ4v) is 2.58. The molecule has 0 aromatic heterocycles. The maximum Gasteiger partial charge on any atom is 0.0383 e. The molecule has 1 heterocycles. The molecule has 1 fully saturated rings. The van der Waals surface area contributed by atoms with Crippen molar-refractivity contribution >= 4 is 5.69 Å². The Morgan fingerprint density at radius 1 is 1.17 bits per heavy atom. The van der Waals surface area contributed by atoms with E-state index in [0.29, 0.717) is 0 Å². The van der Waals surface area contributed by atoms with E-state index >= 15 is 0 Å². The first-order chi connectivity index (χ1) is 8.90. The minimum Gasteiger partial charge on any atom is -0.388 e. The van der Waals surface area contributed by atoms with Gasteiger partial charge in [0.15, 0.2) is 0 Å². The number of anilines is 1. The van der Waals surface area contributed by atoms with Crippen LogP contribution in [0.25, 0.3) is 0 Å². The Hall–Kier alpha value is -1.06. The van der Waals surface area contributed by atoms with Gasteiger partial charge < -0.3 is 15.5 Å². The third-order valence-corrected chi connectivity index (χ3v) is 3.63. The smallest absolute Gasteiger partial charge is 0.0383 e. The standard InChI is InChI=1S/C15H25N3/c1-16-15-8-3-2-7-14(15)13-17-9-6-12-18-10-4-5-11-18/h2-3,7-8,16-17H,4-6,9-13H2,1H3. The summed E-state index contributed by atoms with van der Waals surface area (Å²) < 4.78 is 0. The van der Waals surface area contributed by atoms with Crippen LogP contribution in [-0.2, 0) is 6.54 Å². The maximum absolute atomic E-state index is 3.53. The van der Waals surface area contributed by atoms with E-state index in [0.717, 1.165) is 13.1 Å². The molecule has 3 nitrogen and oxygen atoms in total. The van der Waals surface area contributed by atoms with Crippen LogP contribution in [0.15, 0.2) is 24.3 Å². The molecule has 0 aliphatic carbocycles. The number of likely N-dealkylation sites (tertiary alicyclic amines) is 1. The zero-order chi connectivity index (χ0) is 12.6. The van der Waals surface area contributed by atoms with E-state index < -0.39 is 0 Å². The molecule has 0 radical (unpaired) electrons. The first-order valence-corrected chi connectivity index (χ1v) is 7.09. The quantitative estimate of drug-likeness (QED) is 0.724. The van der Waals surface area contributed by atoms with Gasteiger partial charge in [0.2, 0.25) is 0 Å². The van der Waals surface area contributed by atoms with Crippen molar-refractivity contribution in [3.05, 3.63) is 29.8 Å². The van der Waals surface area contributed by atoms with Gasteiger partial charge in [0, 0.05) is 19.3 Å². The second-order valence-corrected chi connectivity index (χ2v) is 4.99. The molecule has 0 bridgehead atoms. The van der Waals surface area contributed by atoms with Gasteiger partial charge >= 0.3 is 0 Å². The van der Waals surface area contributed by atoms with Crippen LogP contribution in [0.1, 0.15) is 24.8 Å². The van der Waals surface area contributed by atoms with Crippen molar-refractivity contribution in [2.24, 2.45) is 0 Å². The number of nitrogens with zero attached hydrogens (tertiary/aromatic N) is 1. The molecule has 1 aliphatic heterocycles. The molecule has 1 aromatic carbocycles. The normalized spacial score (nSPS) is 16.1. The molecule has 2 rings (SSSR count). The van der Waals surface area contributed by atoms with E-state index in [9.17, 15) is 0 Å². The fraction of sp³-hybridized carbons (Fsp3) is 0.600. The van der Waals surface area contributed by atoms with Gasteiger partial charge in [-0.2, -0.15) is 0 Å². The molecule has 1 aromatic rings. The second kappa shape index (κ2) is 7.39. The van der Waals surface area contributed by atoms with Gasteiger partial charge in [-0.15, -0.1) is 0 Å². The third-order valence-electron chi connectivity index (χ3n) is 3.63. The lowest BCUT2D eigenvalue weighted by molar-refractivity contribution is 0.331. The summed E-state index contributed by atoms with van der Waals surface area (Å²) in [7, 11) is 1.98. The number of para-hydroxylation sites is 1. The van der Waals surface area contributed by atoms with Crippen molar-refractivity contribution in [1.29, 1.82) is 0 Å². The fourth-order valence-electron chi connectivity index (χ4n) is 2.58. The number of benzene rings is 1. The Morgan fingerprint density at radius 3 is 2.72 bits per heavy atom. The van der Waals surface area contributed by atoms with Crippen LogP contribution in [0.2, 0.25) is 0 Å². The average Bonchev–Trinajstić information content (AvgIpc) is 2.92. The summed E-state index contributed by atoms with van der Waals surface area (Å²) in [6, 6.07) is 8.48. The summed E-state index contributed by atoms with van der Waals surface area (Å²) in [6.07, 6.45) is 4.04. The van der Waals surface area contributed by atoms with Crippen molar-refractivity contribution in [3.63, 3.8) is 0 Å². The van der Waals surface area contributed by atoms with Gasteiger partial charge in [-0.3, -0.25) is 0 Å². The molecule has 0 unspecified atom stereocenters. The van der Waals surface area contributed by atoms with Gasteiger partial charge in [0.25, 0.3) is 0 Å². The lowest BCUT2D eigenvalue weighted by Gasteiger charge is -2.14. The van der Waals surface area contributed by atoms with Crippen LogP contribution < -0.4 is 10.6 Å². The van der Waals surface area contributed by atoms with Gasteiger partial charge in [-0.25, -0.2) is 0 Å². The third kappa shape index (κ3) is 4.00. The molecule has 0 amide bonds. The monoisotopic (exact) mass is 247 g/mol. The predicted molar refractivity (Wildman–Crippen MR) is 78.0 cm³/mol. The molecule has 1 aliphatic rings. The van der Waals surface area contributed by atoms with Crippen LogP contribution in [0.4, 0.5) is 5.69 Å². The Balaban J connectivity index is 1.62. The predicted octanol–water partition coefficient (Wildman–Crippen LogP) is 2.30. The Bertz CT molecular complexity index is 345. The summed E-state index contributed by atoms with van der Waals surface area (Å²) in [6.45, 7) is 5.93. The molecule has 100 valence electrons. The summed E-state index contributed by atoms with van der Waals surface area (Å²) in [5.74, 6) is 0. The Morgan fingerprint density at radius 2 is 1.94 bits per heavy atom. The number of hydrogen-bond acceptors (Lipinski definition) is 3. The largest absolute Gasteiger partial charge is 0.388 e. The van der Waals surface area contributed by atoms with Crippen molar-refractivity contribution < 1.29 is 0 Å². The first kappa shape index (κ1) is 13.4. The van der Waals surface area contributed by atoms with E-state index in [1.807, 2.05) is 7.05 Å². The summed E-state index contributed by atoms with van der Waals surface area (Å²) in [5, 5.41) is 6.77. The van der Waals surface area contributed by atoms with Crippen molar-refractivity contribution in [2.75, 3.05) is 38.5 Å². The van der Waals surface area contributed by atoms with Crippen molar-refractivity contribution in [3.8, 4) is 0 Å². The van der Waals surface area contributed by atoms with Crippen molar-refractivity contribution in [1.82, 2.24) is 10.2 Å². The van der Waals surface area contributed by atoms with Crippen molar-refractivity contribution in [2.45, 2.75) is 25.8 Å². The maximum atomic E-state index is 3.53. The zero-order valence-corrected chi connectivity index (χ0v) is 11.4. The zero-order valence-electron chi connectivity index (χ0n) is 11.4. The van der Waals surface area contributed by atoms with E-state index in [4.69, 9.17) is 0 Å². The average molecular weight is 247 g/mol. The molecule has 3 heteroatoms. The molecule has 0 atom stereocenters. The highest BCUT2D eigenvalue weighted by molar-refractivity contribution is 5.50. The molecule has 0 saturated carbocycles. The lowest BCUT2D eigenvalue weighted by Crippen LogP contribution is -2.24. The highest BCUT2D eigenvalue weighted by Gasteiger charge is 2.09. The second-order valence-electron chi connectivity index (χ2n) is 4.99. The van der Waals surface area contributed by atoms with Gasteiger partial charge in [-0.1, -0.05) is 18.2 Å². The van der Waals surface area contributed by atoms with Gasteiger partial charge in [-0.05, 0) is 57.1 Å². The van der Waals surface area contributed by atoms with Crippen LogP contribution >= 0.6 is 0 Å². The molecular formula is C15H25N3. The van der Waals surface area contributed by atoms with Gasteiger partial charge in [0.05, 0.1) is 0 Å². The number of nitrogens with one attached hydrogen (secondary N) is 2. The highest BCUT2D eigenvalue weighted by Crippen LogP contribution is 2.13. The van der Waals surface area contributed by atoms with Crippen LogP contribution in [0.5, 0.6) is 0 Å². The minimum atomic E-state index is 0.955. The molecule has 18 heavy (non-hydrogen) atoms. The Kier molecular flexibility index (Phi) is 5.49. The van der Waals surface area contributed by atoms with Crippen LogP contribution in [0.3, 0.4) is 0 Å². The van der Waals surface area contributed by atoms with Crippen LogP contribution in [0, 0.1) is 0 Å². The minimum absolute atomic E-state index is 0.955. The lowest BCUT2D eigenvalue weighted by atomic mass is 10.2. The summed E-state index contributed by atoms with van der Waals surface area (Å²) >= 11 is 0. The van der Waals surface area contributed by atoms with Crippen LogP contribution in [-0.4, -0.2) is 38.1 Å². The van der Waals surface area contributed by atoms with Gasteiger partial charge in [0.1, 0.15) is 0 Å². The topological polar surface area (TPSA) is 27.3 Å². The molecular weight excluding hydrogens is 222 g/mol. The number of hydrogen-bond donors (Lipinski definition) is 2. The van der Waals surface area contributed by atoms with E-state index in [2.05, 4.69) is 39.8 Å².